The summed E-state index contributed by atoms with van der Waals surface area (Å²) in [5.41, 5.74) is 0.152. The van der Waals surface area contributed by atoms with Gasteiger partial charge in [-0.3, -0.25) is 4.98 Å². The Bertz CT molecular complexity index is 619. The van der Waals surface area contributed by atoms with Crippen molar-refractivity contribution in [2.24, 2.45) is 0 Å². The Morgan fingerprint density at radius 2 is 2.11 bits per heavy atom. The Balaban J connectivity index is 2.37. The van der Waals surface area contributed by atoms with Crippen LogP contribution in [-0.2, 0) is 4.74 Å². The number of halogens is 2. The van der Waals surface area contributed by atoms with Gasteiger partial charge in [-0.05, 0) is 18.2 Å². The highest BCUT2D eigenvalue weighted by Gasteiger charge is 2.14. The Hall–Kier alpha value is -2.14. The largest absolute Gasteiger partial charge is 0.465 e. The third-order valence-corrected chi connectivity index (χ3v) is 2.49. The van der Waals surface area contributed by atoms with E-state index in [-0.39, 0.29) is 17.1 Å². The molecule has 1 heterocycles. The predicted molar refractivity (Wildman–Crippen MR) is 67.1 cm³/mol. The summed E-state index contributed by atoms with van der Waals surface area (Å²) >= 11 is 5.81. The molecule has 0 bridgehead atoms. The smallest absolute Gasteiger partial charge is 0.341 e. The fourth-order valence-electron chi connectivity index (χ4n) is 1.44. The molecule has 1 aromatic carbocycles. The number of hydrogen-bond acceptors (Lipinski definition) is 4. The van der Waals surface area contributed by atoms with Crippen molar-refractivity contribution >= 4 is 17.6 Å². The molecule has 6 heteroatoms. The average Bonchev–Trinajstić information content (AvgIpc) is 2.40. The van der Waals surface area contributed by atoms with Crippen LogP contribution < -0.4 is 4.74 Å². The molecule has 0 saturated heterocycles. The van der Waals surface area contributed by atoms with Crippen LogP contribution >= 0.6 is 11.6 Å². The molecule has 19 heavy (non-hydrogen) atoms. The molecule has 0 amide bonds. The SMILES string of the molecule is COC(=O)c1cc(Cl)ccc1Oc1cncc(F)c1. The molecule has 2 rings (SSSR count). The van der Waals surface area contributed by atoms with Crippen LogP contribution in [0.2, 0.25) is 5.02 Å². The molecule has 0 saturated carbocycles. The van der Waals surface area contributed by atoms with E-state index in [2.05, 4.69) is 9.72 Å². The highest BCUT2D eigenvalue weighted by molar-refractivity contribution is 6.31. The van der Waals surface area contributed by atoms with Crippen molar-refractivity contribution < 1.29 is 18.7 Å². The zero-order chi connectivity index (χ0) is 13.8. The highest BCUT2D eigenvalue weighted by Crippen LogP contribution is 2.28. The maximum Gasteiger partial charge on any atom is 0.341 e. The summed E-state index contributed by atoms with van der Waals surface area (Å²) in [5.74, 6) is -0.746. The first kappa shape index (κ1) is 13.3. The molecule has 1 aromatic heterocycles. The number of benzene rings is 1. The van der Waals surface area contributed by atoms with E-state index in [1.807, 2.05) is 0 Å². The number of carbonyl (C=O) groups is 1. The molecule has 4 nitrogen and oxygen atoms in total. The zero-order valence-electron chi connectivity index (χ0n) is 9.89. The van der Waals surface area contributed by atoms with E-state index < -0.39 is 11.8 Å². The van der Waals surface area contributed by atoms with Gasteiger partial charge in [-0.2, -0.15) is 0 Å². The lowest BCUT2D eigenvalue weighted by Crippen LogP contribution is -2.03. The second-order valence-electron chi connectivity index (χ2n) is 3.57. The lowest BCUT2D eigenvalue weighted by atomic mass is 10.2. The number of rotatable bonds is 3. The summed E-state index contributed by atoms with van der Waals surface area (Å²) < 4.78 is 23.0. The summed E-state index contributed by atoms with van der Waals surface area (Å²) in [5, 5.41) is 0.366. The summed E-state index contributed by atoms with van der Waals surface area (Å²) in [6.07, 6.45) is 2.38. The minimum absolute atomic E-state index is 0.152. The van der Waals surface area contributed by atoms with Crippen LogP contribution in [0, 0.1) is 5.82 Å². The summed E-state index contributed by atoms with van der Waals surface area (Å²) in [6.45, 7) is 0. The van der Waals surface area contributed by atoms with Gasteiger partial charge in [0.25, 0.3) is 0 Å². The van der Waals surface area contributed by atoms with Crippen LogP contribution in [0.1, 0.15) is 10.4 Å². The van der Waals surface area contributed by atoms with Gasteiger partial charge in [0, 0.05) is 11.1 Å². The van der Waals surface area contributed by atoms with Gasteiger partial charge in [-0.1, -0.05) is 11.6 Å². The molecular formula is C13H9ClFNO3. The van der Waals surface area contributed by atoms with Gasteiger partial charge in [-0.25, -0.2) is 9.18 Å². The zero-order valence-corrected chi connectivity index (χ0v) is 10.6. The number of aromatic nitrogens is 1. The van der Waals surface area contributed by atoms with E-state index in [0.29, 0.717) is 5.02 Å². The Morgan fingerprint density at radius 1 is 1.32 bits per heavy atom. The molecule has 0 aliphatic carbocycles. The van der Waals surface area contributed by atoms with Crippen molar-refractivity contribution in [2.75, 3.05) is 7.11 Å². The molecular weight excluding hydrogens is 273 g/mol. The molecule has 98 valence electrons. The molecule has 2 aromatic rings. The summed E-state index contributed by atoms with van der Waals surface area (Å²) in [6, 6.07) is 5.62. The number of esters is 1. The first-order valence-electron chi connectivity index (χ1n) is 5.26. The average molecular weight is 282 g/mol. The Kier molecular flexibility index (Phi) is 3.97. The van der Waals surface area contributed by atoms with Gasteiger partial charge >= 0.3 is 5.97 Å². The number of carbonyl (C=O) groups excluding carboxylic acids is 1. The van der Waals surface area contributed by atoms with Gasteiger partial charge in [0.15, 0.2) is 0 Å². The van der Waals surface area contributed by atoms with Gasteiger partial charge in [0.1, 0.15) is 22.9 Å². The standard InChI is InChI=1S/C13H9ClFNO3/c1-18-13(17)11-4-8(14)2-3-12(11)19-10-5-9(15)6-16-7-10/h2-7H,1H3. The molecule has 0 radical (unpaired) electrons. The molecule has 0 aliphatic rings. The number of methoxy groups -OCH3 is 1. The molecule has 0 spiro atoms. The van der Waals surface area contributed by atoms with E-state index in [9.17, 15) is 9.18 Å². The molecule has 0 N–H and O–H groups in total. The van der Waals surface area contributed by atoms with Crippen molar-refractivity contribution in [3.63, 3.8) is 0 Å². The fraction of sp³-hybridized carbons (Fsp3) is 0.0769. The monoisotopic (exact) mass is 281 g/mol. The maximum absolute atomic E-state index is 13.0. The normalized spacial score (nSPS) is 10.1. The van der Waals surface area contributed by atoms with E-state index in [4.69, 9.17) is 16.3 Å². The first-order chi connectivity index (χ1) is 9.10. The second kappa shape index (κ2) is 5.67. The second-order valence-corrected chi connectivity index (χ2v) is 4.01. The third kappa shape index (κ3) is 3.20. The van der Waals surface area contributed by atoms with Crippen LogP contribution in [0.4, 0.5) is 4.39 Å². The maximum atomic E-state index is 13.0. The van der Waals surface area contributed by atoms with Crippen LogP contribution in [0.3, 0.4) is 0 Å². The molecule has 0 unspecified atom stereocenters. The Labute approximate surface area is 113 Å². The van der Waals surface area contributed by atoms with Crippen LogP contribution in [0.25, 0.3) is 0 Å². The minimum Gasteiger partial charge on any atom is -0.465 e. The van der Waals surface area contributed by atoms with E-state index in [1.54, 1.807) is 6.07 Å². The van der Waals surface area contributed by atoms with Crippen LogP contribution in [0.5, 0.6) is 11.5 Å². The minimum atomic E-state index is -0.595. The van der Waals surface area contributed by atoms with Crippen molar-refractivity contribution in [2.45, 2.75) is 0 Å². The first-order valence-corrected chi connectivity index (χ1v) is 5.64. The summed E-state index contributed by atoms with van der Waals surface area (Å²) in [7, 11) is 1.25. The van der Waals surface area contributed by atoms with E-state index in [0.717, 1.165) is 12.3 Å². The molecule has 0 fully saturated rings. The number of hydrogen-bond donors (Lipinski definition) is 0. The molecule has 0 aliphatic heterocycles. The Morgan fingerprint density at radius 3 is 2.79 bits per heavy atom. The summed E-state index contributed by atoms with van der Waals surface area (Å²) in [4.78, 5) is 15.2. The van der Waals surface area contributed by atoms with Gasteiger partial charge in [-0.15, -0.1) is 0 Å². The number of ether oxygens (including phenoxy) is 2. The number of pyridine rings is 1. The topological polar surface area (TPSA) is 48.4 Å². The third-order valence-electron chi connectivity index (χ3n) is 2.25. The predicted octanol–water partition coefficient (Wildman–Crippen LogP) is 3.45. The molecule has 0 atom stereocenters. The highest BCUT2D eigenvalue weighted by atomic mass is 35.5. The van der Waals surface area contributed by atoms with Crippen molar-refractivity contribution in [3.8, 4) is 11.5 Å². The lowest BCUT2D eigenvalue weighted by molar-refractivity contribution is 0.0598. The van der Waals surface area contributed by atoms with E-state index >= 15 is 0 Å². The number of nitrogens with zero attached hydrogens (tertiary/aromatic N) is 1. The quantitative estimate of drug-likeness (QED) is 0.809. The van der Waals surface area contributed by atoms with Crippen LogP contribution in [-0.4, -0.2) is 18.1 Å². The van der Waals surface area contributed by atoms with Gasteiger partial charge in [0.05, 0.1) is 19.5 Å². The van der Waals surface area contributed by atoms with Crippen molar-refractivity contribution in [1.82, 2.24) is 4.98 Å². The lowest BCUT2D eigenvalue weighted by Gasteiger charge is -2.09. The van der Waals surface area contributed by atoms with Gasteiger partial charge in [0.2, 0.25) is 0 Å². The fourth-order valence-corrected chi connectivity index (χ4v) is 1.61. The van der Waals surface area contributed by atoms with Gasteiger partial charge < -0.3 is 9.47 Å². The van der Waals surface area contributed by atoms with Crippen molar-refractivity contribution in [3.05, 3.63) is 53.1 Å². The van der Waals surface area contributed by atoms with E-state index in [1.165, 1.54) is 25.4 Å². The van der Waals surface area contributed by atoms with Crippen molar-refractivity contribution in [1.29, 1.82) is 0 Å². The van der Waals surface area contributed by atoms with Crippen LogP contribution in [0.15, 0.2) is 36.7 Å².